The zero-order valence-corrected chi connectivity index (χ0v) is 16.8. The number of aliphatic hydroxyl groups is 1. The van der Waals surface area contributed by atoms with Crippen LogP contribution in [0.15, 0.2) is 6.33 Å². The summed E-state index contributed by atoms with van der Waals surface area (Å²) in [5, 5.41) is 9.48. The Morgan fingerprint density at radius 1 is 1.36 bits per heavy atom. The van der Waals surface area contributed by atoms with Gasteiger partial charge in [-0.05, 0) is 6.92 Å². The fourth-order valence-electron chi connectivity index (χ4n) is 2.66. The third kappa shape index (κ3) is 4.54. The maximum absolute atomic E-state index is 11.6. The lowest BCUT2D eigenvalue weighted by Gasteiger charge is -2.18. The number of phosphoric acid groups is 2. The molecule has 0 radical (unpaired) electrons. The normalized spacial score (nSPS) is 27.9. The van der Waals surface area contributed by atoms with Crippen LogP contribution in [-0.4, -0.2) is 63.4 Å². The minimum Gasteiger partial charge on any atom is -0.389 e. The van der Waals surface area contributed by atoms with Gasteiger partial charge >= 0.3 is 15.6 Å². The van der Waals surface area contributed by atoms with E-state index in [0.29, 0.717) is 17.0 Å². The van der Waals surface area contributed by atoms with Crippen molar-refractivity contribution in [1.29, 1.82) is 0 Å². The number of imidazole rings is 1. The van der Waals surface area contributed by atoms with Crippen LogP contribution < -0.4 is 5.73 Å². The van der Waals surface area contributed by atoms with Gasteiger partial charge in [-0.3, -0.25) is 9.09 Å². The largest absolute Gasteiger partial charge is 0.481 e. The fraction of sp³-hybridized carbons (Fsp3) is 0.545. The summed E-state index contributed by atoms with van der Waals surface area (Å²) >= 11 is 4.30. The number of thiol groups is 1. The Labute approximate surface area is 162 Å². The van der Waals surface area contributed by atoms with Crippen LogP contribution in [0, 0.1) is 6.92 Å². The summed E-state index contributed by atoms with van der Waals surface area (Å²) in [6, 6.07) is 0. The Kier molecular flexibility index (Phi) is 5.87. The molecular formula is C11H17N5O9P2S. The molecule has 17 heteroatoms. The van der Waals surface area contributed by atoms with Crippen LogP contribution in [0.5, 0.6) is 0 Å². The van der Waals surface area contributed by atoms with Crippen molar-refractivity contribution in [2.24, 2.45) is 0 Å². The van der Waals surface area contributed by atoms with E-state index >= 15 is 0 Å². The van der Waals surface area contributed by atoms with Gasteiger partial charge in [0.25, 0.3) is 0 Å². The average molecular weight is 457 g/mol. The molecule has 6 N–H and O–H groups in total. The van der Waals surface area contributed by atoms with Crippen molar-refractivity contribution in [2.75, 3.05) is 12.3 Å². The molecule has 1 saturated heterocycles. The molecule has 0 spiro atoms. The maximum atomic E-state index is 11.6. The summed E-state index contributed by atoms with van der Waals surface area (Å²) in [5.41, 5.74) is 6.46. The molecule has 5 atom stereocenters. The second kappa shape index (κ2) is 7.61. The van der Waals surface area contributed by atoms with Crippen molar-refractivity contribution in [3.05, 3.63) is 12.2 Å². The molecule has 0 amide bonds. The van der Waals surface area contributed by atoms with Gasteiger partial charge in [0.05, 0.1) is 24.3 Å². The topological polar surface area (TPSA) is 212 Å². The van der Waals surface area contributed by atoms with E-state index in [1.54, 1.807) is 6.92 Å². The number of nitrogens with two attached hydrogens (primary N) is 1. The van der Waals surface area contributed by atoms with E-state index in [-0.39, 0.29) is 5.82 Å². The summed E-state index contributed by atoms with van der Waals surface area (Å²) in [4.78, 5) is 38.9. The van der Waals surface area contributed by atoms with Gasteiger partial charge < -0.3 is 30.3 Å². The molecule has 1 unspecified atom stereocenters. The average Bonchev–Trinajstić information content (AvgIpc) is 3.06. The number of ether oxygens (including phenoxy) is 1. The molecule has 0 aromatic carbocycles. The number of nitrogen functional groups attached to an aromatic ring is 1. The first-order valence-corrected chi connectivity index (χ1v) is 11.1. The molecule has 2 aromatic rings. The second-order valence-electron chi connectivity index (χ2n) is 5.86. The molecule has 1 fully saturated rings. The van der Waals surface area contributed by atoms with Crippen molar-refractivity contribution >= 4 is 45.3 Å². The first-order valence-electron chi connectivity index (χ1n) is 7.60. The molecule has 0 bridgehead atoms. The Morgan fingerprint density at radius 3 is 2.68 bits per heavy atom. The Balaban J connectivity index is 1.78. The van der Waals surface area contributed by atoms with Crippen LogP contribution in [0.3, 0.4) is 0 Å². The number of aromatic nitrogens is 4. The van der Waals surface area contributed by atoms with Crippen LogP contribution in [0.1, 0.15) is 12.1 Å². The third-order valence-corrected chi connectivity index (χ3v) is 6.50. The number of anilines is 1. The molecule has 2 aromatic heterocycles. The highest BCUT2D eigenvalue weighted by molar-refractivity contribution is 7.81. The standard InChI is InChI=1S/C11H17N5O9P2S/c1-4-14-9(12)6-10(15-4)16(3-13-6)11-8(28)7(17)5(24-11)2-23-27(21,22)25-26(18,19)20/h3,5,7-8,11,17,28H,2H2,1H3,(H,21,22)(H2,12,14,15)(H2,18,19,20)/t5-,7-,8-,11-/m1/s1. The van der Waals surface area contributed by atoms with Crippen molar-refractivity contribution in [1.82, 2.24) is 19.5 Å². The molecular weight excluding hydrogens is 440 g/mol. The zero-order chi connectivity index (χ0) is 20.9. The van der Waals surface area contributed by atoms with Crippen molar-refractivity contribution in [3.63, 3.8) is 0 Å². The maximum Gasteiger partial charge on any atom is 0.481 e. The monoisotopic (exact) mass is 457 g/mol. The minimum atomic E-state index is -5.26. The van der Waals surface area contributed by atoms with Crippen molar-refractivity contribution in [2.45, 2.75) is 30.6 Å². The SMILES string of the molecule is Cc1nc(N)c2ncn([C@@H]3O[C@H](COP(=O)(O)OP(=O)(O)O)[C@@H](O)[C@H]3S)c2n1. The van der Waals surface area contributed by atoms with Gasteiger partial charge in [-0.25, -0.2) is 24.1 Å². The van der Waals surface area contributed by atoms with Gasteiger partial charge in [0.2, 0.25) is 0 Å². The van der Waals surface area contributed by atoms with Crippen LogP contribution in [-0.2, 0) is 22.7 Å². The Morgan fingerprint density at radius 2 is 2.04 bits per heavy atom. The highest BCUT2D eigenvalue weighted by Crippen LogP contribution is 2.57. The summed E-state index contributed by atoms with van der Waals surface area (Å²) in [5.74, 6) is 0.544. The molecule has 1 aliphatic heterocycles. The number of hydrogen-bond donors (Lipinski definition) is 6. The lowest BCUT2D eigenvalue weighted by atomic mass is 10.2. The number of fused-ring (bicyclic) bond motifs is 1. The van der Waals surface area contributed by atoms with E-state index in [2.05, 4.69) is 36.4 Å². The van der Waals surface area contributed by atoms with Gasteiger partial charge in [-0.1, -0.05) is 0 Å². The van der Waals surface area contributed by atoms with Gasteiger partial charge in [0, 0.05) is 0 Å². The van der Waals surface area contributed by atoms with Gasteiger partial charge in [-0.15, -0.1) is 0 Å². The lowest BCUT2D eigenvalue weighted by Crippen LogP contribution is -2.30. The number of rotatable bonds is 6. The summed E-state index contributed by atoms with van der Waals surface area (Å²) in [6.45, 7) is 0.928. The van der Waals surface area contributed by atoms with Gasteiger partial charge in [0.1, 0.15) is 17.4 Å². The quantitative estimate of drug-likeness (QED) is 0.239. The minimum absolute atomic E-state index is 0.159. The second-order valence-corrected chi connectivity index (χ2v) is 9.29. The van der Waals surface area contributed by atoms with E-state index in [0.717, 1.165) is 0 Å². The smallest absolute Gasteiger partial charge is 0.389 e. The van der Waals surface area contributed by atoms with Crippen LogP contribution in [0.4, 0.5) is 5.82 Å². The molecule has 0 saturated carbocycles. The van der Waals surface area contributed by atoms with Gasteiger partial charge in [-0.2, -0.15) is 16.9 Å². The number of phosphoric ester groups is 1. The van der Waals surface area contributed by atoms with Crippen molar-refractivity contribution < 1.29 is 42.5 Å². The molecule has 156 valence electrons. The highest BCUT2D eigenvalue weighted by atomic mass is 32.1. The molecule has 28 heavy (non-hydrogen) atoms. The third-order valence-electron chi connectivity index (χ3n) is 3.78. The molecule has 3 heterocycles. The lowest BCUT2D eigenvalue weighted by molar-refractivity contribution is -0.0421. The summed E-state index contributed by atoms with van der Waals surface area (Å²) in [7, 11) is -10.3. The van der Waals surface area contributed by atoms with Gasteiger partial charge in [0.15, 0.2) is 17.7 Å². The first-order chi connectivity index (χ1) is 12.9. The predicted molar refractivity (Wildman–Crippen MR) is 96.1 cm³/mol. The Bertz CT molecular complexity index is 983. The Hall–Kier alpha value is -1.12. The van der Waals surface area contributed by atoms with E-state index in [1.165, 1.54) is 10.9 Å². The number of hydrogen-bond acceptors (Lipinski definition) is 11. The first kappa shape index (κ1) is 21.6. The van der Waals surface area contributed by atoms with E-state index in [4.69, 9.17) is 20.3 Å². The zero-order valence-electron chi connectivity index (χ0n) is 14.1. The fourth-order valence-corrected chi connectivity index (χ4v) is 4.67. The van der Waals surface area contributed by atoms with Crippen LogP contribution in [0.2, 0.25) is 0 Å². The molecule has 3 rings (SSSR count). The molecule has 1 aliphatic rings. The summed E-state index contributed by atoms with van der Waals surface area (Å²) in [6.07, 6.45) is -1.95. The van der Waals surface area contributed by atoms with Crippen LogP contribution >= 0.6 is 28.3 Å². The van der Waals surface area contributed by atoms with Crippen LogP contribution in [0.25, 0.3) is 11.2 Å². The summed E-state index contributed by atoms with van der Waals surface area (Å²) < 4.78 is 37.5. The van der Waals surface area contributed by atoms with E-state index in [1.807, 2.05) is 0 Å². The number of nitrogens with zero attached hydrogens (tertiary/aromatic N) is 4. The predicted octanol–water partition coefficient (Wildman–Crippen LogP) is -0.500. The molecule has 14 nitrogen and oxygen atoms in total. The number of aryl methyl sites for hydroxylation is 1. The van der Waals surface area contributed by atoms with E-state index in [9.17, 15) is 19.1 Å². The van der Waals surface area contributed by atoms with Crippen molar-refractivity contribution in [3.8, 4) is 0 Å². The van der Waals surface area contributed by atoms with E-state index < -0.39 is 45.9 Å². The molecule has 0 aliphatic carbocycles. The highest BCUT2D eigenvalue weighted by Gasteiger charge is 2.45. The number of aliphatic hydroxyl groups excluding tert-OH is 1.